The van der Waals surface area contributed by atoms with E-state index < -0.39 is 0 Å². The fourth-order valence-electron chi connectivity index (χ4n) is 1.44. The highest BCUT2D eigenvalue weighted by molar-refractivity contribution is 14.1. The predicted octanol–water partition coefficient (Wildman–Crippen LogP) is 4.04. The lowest BCUT2D eigenvalue weighted by Gasteiger charge is -2.08. The number of rotatable bonds is 3. The molecule has 3 heteroatoms. The van der Waals surface area contributed by atoms with Crippen LogP contribution in [-0.4, -0.2) is 0 Å². The maximum atomic E-state index is 13.3. The molecular weight excluding hydrogens is 316 g/mol. The molecule has 0 aliphatic rings. The van der Waals surface area contributed by atoms with Crippen LogP contribution in [0.4, 0.5) is 10.1 Å². The van der Waals surface area contributed by atoms with Crippen molar-refractivity contribution in [2.45, 2.75) is 6.54 Å². The fourth-order valence-corrected chi connectivity index (χ4v) is 2.01. The van der Waals surface area contributed by atoms with Crippen molar-refractivity contribution in [2.75, 3.05) is 5.32 Å². The Hall–Kier alpha value is -1.10. The van der Waals surface area contributed by atoms with Crippen LogP contribution in [0.25, 0.3) is 0 Å². The van der Waals surface area contributed by atoms with Gasteiger partial charge in [0.05, 0.1) is 5.69 Å². The van der Waals surface area contributed by atoms with E-state index in [0.29, 0.717) is 12.2 Å². The second-order valence-electron chi connectivity index (χ2n) is 3.42. The second-order valence-corrected chi connectivity index (χ2v) is 4.59. The third-order valence-electron chi connectivity index (χ3n) is 2.30. The molecule has 2 aromatic rings. The Morgan fingerprint density at radius 2 is 1.69 bits per heavy atom. The van der Waals surface area contributed by atoms with Gasteiger partial charge in [0.15, 0.2) is 0 Å². The van der Waals surface area contributed by atoms with Gasteiger partial charge in [0, 0.05) is 10.1 Å². The number of halogens is 2. The van der Waals surface area contributed by atoms with Gasteiger partial charge in [-0.1, -0.05) is 30.3 Å². The van der Waals surface area contributed by atoms with Crippen molar-refractivity contribution in [1.29, 1.82) is 0 Å². The van der Waals surface area contributed by atoms with Crippen molar-refractivity contribution in [3.8, 4) is 0 Å². The molecule has 2 rings (SSSR count). The van der Waals surface area contributed by atoms with Crippen LogP contribution in [0.5, 0.6) is 0 Å². The molecule has 0 aromatic heterocycles. The average molecular weight is 327 g/mol. The highest BCUT2D eigenvalue weighted by Crippen LogP contribution is 2.16. The zero-order chi connectivity index (χ0) is 11.4. The number of hydrogen-bond acceptors (Lipinski definition) is 1. The molecule has 0 radical (unpaired) electrons. The van der Waals surface area contributed by atoms with Crippen molar-refractivity contribution in [3.63, 3.8) is 0 Å². The van der Waals surface area contributed by atoms with Gasteiger partial charge >= 0.3 is 0 Å². The smallest absolute Gasteiger partial charge is 0.146 e. The lowest BCUT2D eigenvalue weighted by Crippen LogP contribution is -2.02. The second kappa shape index (κ2) is 5.30. The molecule has 0 atom stereocenters. The summed E-state index contributed by atoms with van der Waals surface area (Å²) in [7, 11) is 0. The van der Waals surface area contributed by atoms with Crippen molar-refractivity contribution in [2.24, 2.45) is 0 Å². The highest BCUT2D eigenvalue weighted by atomic mass is 127. The fraction of sp³-hybridized carbons (Fsp3) is 0.0769. The molecule has 0 unspecified atom stereocenters. The summed E-state index contributed by atoms with van der Waals surface area (Å²) in [6.45, 7) is 0.639. The van der Waals surface area contributed by atoms with Crippen LogP contribution >= 0.6 is 22.6 Å². The van der Waals surface area contributed by atoms with Gasteiger partial charge in [0.1, 0.15) is 5.82 Å². The Morgan fingerprint density at radius 1 is 1.00 bits per heavy atom. The minimum atomic E-state index is -0.214. The van der Waals surface area contributed by atoms with Gasteiger partial charge < -0.3 is 5.32 Å². The standard InChI is InChI=1S/C13H11FIN/c14-11-6-2-4-8-13(11)16-9-10-5-1-3-7-12(10)15/h1-8,16H,9H2. The minimum absolute atomic E-state index is 0.214. The number of anilines is 1. The summed E-state index contributed by atoms with van der Waals surface area (Å²) in [6.07, 6.45) is 0. The average Bonchev–Trinajstić information content (AvgIpc) is 2.30. The van der Waals surface area contributed by atoms with E-state index in [1.807, 2.05) is 30.3 Å². The molecule has 16 heavy (non-hydrogen) atoms. The molecule has 1 N–H and O–H groups in total. The summed E-state index contributed by atoms with van der Waals surface area (Å²) in [4.78, 5) is 0. The van der Waals surface area contributed by atoms with E-state index in [1.165, 1.54) is 15.2 Å². The molecule has 0 amide bonds. The number of benzene rings is 2. The zero-order valence-corrected chi connectivity index (χ0v) is 10.7. The Kier molecular flexibility index (Phi) is 3.77. The molecule has 0 saturated heterocycles. The van der Waals surface area contributed by atoms with Crippen molar-refractivity contribution < 1.29 is 4.39 Å². The normalized spacial score (nSPS) is 10.1. The molecule has 0 bridgehead atoms. The molecule has 82 valence electrons. The van der Waals surface area contributed by atoms with Gasteiger partial charge in [-0.15, -0.1) is 0 Å². The first-order valence-electron chi connectivity index (χ1n) is 4.99. The molecule has 0 aliphatic carbocycles. The summed E-state index contributed by atoms with van der Waals surface area (Å²) < 4.78 is 14.5. The van der Waals surface area contributed by atoms with E-state index in [1.54, 1.807) is 12.1 Å². The quantitative estimate of drug-likeness (QED) is 0.839. The molecule has 0 aliphatic heterocycles. The van der Waals surface area contributed by atoms with Crippen molar-refractivity contribution in [3.05, 3.63) is 63.5 Å². The Morgan fingerprint density at radius 3 is 2.44 bits per heavy atom. The summed E-state index contributed by atoms with van der Waals surface area (Å²) >= 11 is 2.28. The largest absolute Gasteiger partial charge is 0.379 e. The van der Waals surface area contributed by atoms with E-state index in [-0.39, 0.29) is 5.82 Å². The summed E-state index contributed by atoms with van der Waals surface area (Å²) in [6, 6.07) is 14.8. The van der Waals surface area contributed by atoms with Gasteiger partial charge in [0.25, 0.3) is 0 Å². The van der Waals surface area contributed by atoms with E-state index in [4.69, 9.17) is 0 Å². The first-order valence-corrected chi connectivity index (χ1v) is 6.07. The molecular formula is C13H11FIN. The van der Waals surface area contributed by atoms with Gasteiger partial charge in [-0.2, -0.15) is 0 Å². The summed E-state index contributed by atoms with van der Waals surface area (Å²) in [5, 5.41) is 3.09. The van der Waals surface area contributed by atoms with E-state index >= 15 is 0 Å². The lowest BCUT2D eigenvalue weighted by molar-refractivity contribution is 0.630. The van der Waals surface area contributed by atoms with Crippen LogP contribution < -0.4 is 5.32 Å². The topological polar surface area (TPSA) is 12.0 Å². The van der Waals surface area contributed by atoms with Crippen LogP contribution in [0.3, 0.4) is 0 Å². The van der Waals surface area contributed by atoms with Gasteiger partial charge in [-0.3, -0.25) is 0 Å². The van der Waals surface area contributed by atoms with Crippen molar-refractivity contribution >= 4 is 28.3 Å². The molecule has 1 nitrogen and oxygen atoms in total. The van der Waals surface area contributed by atoms with Gasteiger partial charge in [0.2, 0.25) is 0 Å². The molecule has 0 heterocycles. The Balaban J connectivity index is 2.09. The third-order valence-corrected chi connectivity index (χ3v) is 3.35. The number of para-hydroxylation sites is 1. The first-order chi connectivity index (χ1) is 7.77. The maximum absolute atomic E-state index is 13.3. The van der Waals surface area contributed by atoms with Gasteiger partial charge in [-0.05, 0) is 46.4 Å². The van der Waals surface area contributed by atoms with Crippen molar-refractivity contribution in [1.82, 2.24) is 0 Å². The Bertz CT molecular complexity index is 439. The minimum Gasteiger partial charge on any atom is -0.379 e. The molecule has 0 spiro atoms. The summed E-state index contributed by atoms with van der Waals surface area (Å²) in [5.74, 6) is -0.214. The van der Waals surface area contributed by atoms with Crippen LogP contribution in [-0.2, 0) is 6.54 Å². The SMILES string of the molecule is Fc1ccccc1NCc1ccccc1I. The van der Waals surface area contributed by atoms with E-state index in [9.17, 15) is 4.39 Å². The van der Waals surface area contributed by atoms with Crippen LogP contribution in [0, 0.1) is 9.39 Å². The highest BCUT2D eigenvalue weighted by Gasteiger charge is 2.01. The molecule has 2 aromatic carbocycles. The van der Waals surface area contributed by atoms with E-state index in [0.717, 1.165) is 0 Å². The number of hydrogen-bond donors (Lipinski definition) is 1. The van der Waals surface area contributed by atoms with Crippen LogP contribution in [0.15, 0.2) is 48.5 Å². The van der Waals surface area contributed by atoms with Crippen LogP contribution in [0.2, 0.25) is 0 Å². The first kappa shape index (κ1) is 11.4. The number of nitrogens with one attached hydrogen (secondary N) is 1. The molecule has 0 saturated carbocycles. The van der Waals surface area contributed by atoms with Crippen LogP contribution in [0.1, 0.15) is 5.56 Å². The predicted molar refractivity (Wildman–Crippen MR) is 72.9 cm³/mol. The van der Waals surface area contributed by atoms with E-state index in [2.05, 4.69) is 27.9 Å². The molecule has 0 fully saturated rings. The Labute approximate surface area is 108 Å². The maximum Gasteiger partial charge on any atom is 0.146 e. The lowest BCUT2D eigenvalue weighted by atomic mass is 10.2. The monoisotopic (exact) mass is 327 g/mol. The summed E-state index contributed by atoms with van der Waals surface area (Å²) in [5.41, 5.74) is 1.72. The van der Waals surface area contributed by atoms with Gasteiger partial charge in [-0.25, -0.2) is 4.39 Å². The zero-order valence-electron chi connectivity index (χ0n) is 8.58. The third kappa shape index (κ3) is 2.72.